The highest BCUT2D eigenvalue weighted by Crippen LogP contribution is 2.47. The van der Waals surface area contributed by atoms with E-state index in [0.717, 1.165) is 116 Å². The average Bonchev–Trinajstić information content (AvgIpc) is 1.60. The van der Waals surface area contributed by atoms with E-state index in [-0.39, 0.29) is 52.6 Å². The average molecular weight is 1510 g/mol. The first-order valence-electron chi connectivity index (χ1n) is 38.7. The summed E-state index contributed by atoms with van der Waals surface area (Å²) in [6.45, 7) is 8.96. The molecule has 562 valence electrons. The fourth-order valence-corrected chi connectivity index (χ4v) is 17.7. The van der Waals surface area contributed by atoms with Gasteiger partial charge in [-0.3, -0.25) is 0 Å². The number of rotatable bonds is 7. The monoisotopic (exact) mass is 1510 g/mol. The SMILES string of the molecule is C[C@@H]1N(B2C=c3c(oc4ncccc34)=CN2C)c2cccnc2N1c1ccccc1.C[C@@H]1N(B2C=c3c(oc4ncccc34)=CN2C)c2ncccc2N1c1ccccc1.C[C@@H]1N(B2C=c3c(oc4ncccc34)=CN2C)c2nccnc2N1c1ccccc1.C[C@H]1N(C)c2ccccc2N1B1C=c2c(oc3ncccc23)=CN1C. The number of hydrogen-bond donors (Lipinski definition) is 0. The summed E-state index contributed by atoms with van der Waals surface area (Å²) >= 11 is 0. The minimum Gasteiger partial charge on any atom is -0.436 e. The molecule has 8 aliphatic heterocycles. The van der Waals surface area contributed by atoms with E-state index in [1.165, 1.54) is 11.4 Å². The first-order valence-corrected chi connectivity index (χ1v) is 38.7. The maximum absolute atomic E-state index is 5.98. The third-order valence-corrected chi connectivity index (χ3v) is 23.1. The topological polar surface area (TPSA) is 195 Å². The van der Waals surface area contributed by atoms with Gasteiger partial charge in [0, 0.05) is 141 Å². The molecule has 11 aromatic heterocycles. The number of aromatic nitrogens is 8. The number of nitrogens with zero attached hydrogens (tertiary/aromatic N) is 20. The molecule has 4 atom stereocenters. The number of para-hydroxylation sites is 5. The van der Waals surface area contributed by atoms with Crippen LogP contribution >= 0.6 is 0 Å². The molecular formula is C87H78B4N20O4. The van der Waals surface area contributed by atoms with Crippen LogP contribution in [-0.2, 0) is 0 Å². The van der Waals surface area contributed by atoms with E-state index in [2.05, 4.69) is 310 Å². The molecule has 4 aromatic carbocycles. The summed E-state index contributed by atoms with van der Waals surface area (Å²) in [6, 6.07) is 64.2. The predicted molar refractivity (Wildman–Crippen MR) is 462 cm³/mol. The van der Waals surface area contributed by atoms with Gasteiger partial charge in [0.25, 0.3) is 0 Å². The van der Waals surface area contributed by atoms with Crippen LogP contribution in [0, 0.1) is 0 Å². The van der Waals surface area contributed by atoms with E-state index < -0.39 is 0 Å². The van der Waals surface area contributed by atoms with Gasteiger partial charge in [-0.25, -0.2) is 39.9 Å². The van der Waals surface area contributed by atoms with Crippen LogP contribution in [0.4, 0.5) is 63.1 Å². The second-order valence-corrected chi connectivity index (χ2v) is 29.7. The number of anilines is 11. The highest BCUT2D eigenvalue weighted by Gasteiger charge is 2.47. The van der Waals surface area contributed by atoms with E-state index in [0.29, 0.717) is 22.9 Å². The quantitative estimate of drug-likeness (QED) is 0.137. The second kappa shape index (κ2) is 28.2. The van der Waals surface area contributed by atoms with Gasteiger partial charge < -0.3 is 75.8 Å². The summed E-state index contributed by atoms with van der Waals surface area (Å²) < 4.78 is 23.8. The third-order valence-electron chi connectivity index (χ3n) is 23.1. The Morgan fingerprint density at radius 2 is 0.565 bits per heavy atom. The fraction of sp³-hybridized carbons (Fsp3) is 0.149. The second-order valence-electron chi connectivity index (χ2n) is 29.7. The van der Waals surface area contributed by atoms with Gasteiger partial charge in [0.15, 0.2) is 39.1 Å². The minimum absolute atomic E-state index is 0.00383. The summed E-state index contributed by atoms with van der Waals surface area (Å²) in [5, 5.41) is 8.55. The normalized spacial score (nSPS) is 17.9. The van der Waals surface area contributed by atoms with Crippen molar-refractivity contribution in [3.05, 3.63) is 280 Å². The fourth-order valence-electron chi connectivity index (χ4n) is 17.7. The molecule has 0 spiro atoms. The van der Waals surface area contributed by atoms with Crippen molar-refractivity contribution in [3.8, 4) is 0 Å². The zero-order valence-electron chi connectivity index (χ0n) is 64.8. The molecule has 24 nitrogen and oxygen atoms in total. The Kier molecular flexibility index (Phi) is 17.2. The Labute approximate surface area is 663 Å². The molecule has 115 heavy (non-hydrogen) atoms. The molecule has 0 saturated carbocycles. The van der Waals surface area contributed by atoms with Crippen LogP contribution in [0.25, 0.3) is 93.1 Å². The molecule has 0 unspecified atom stereocenters. The number of benzene rings is 4. The Balaban J connectivity index is 0.0000000994. The molecule has 15 aromatic rings. The van der Waals surface area contributed by atoms with Gasteiger partial charge in [-0.1, -0.05) is 90.6 Å². The molecule has 0 bridgehead atoms. The largest absolute Gasteiger partial charge is 0.436 e. The van der Waals surface area contributed by atoms with Gasteiger partial charge in [-0.15, -0.1) is 0 Å². The first kappa shape index (κ1) is 70.0. The molecule has 0 radical (unpaired) electrons. The van der Waals surface area contributed by atoms with Gasteiger partial charge in [0.05, 0.1) is 47.4 Å². The molecule has 28 heteroatoms. The Hall–Kier alpha value is -14.2. The lowest BCUT2D eigenvalue weighted by molar-refractivity contribution is 0.551. The first-order chi connectivity index (χ1) is 56.3. The molecule has 23 rings (SSSR count). The Morgan fingerprint density at radius 1 is 0.261 bits per heavy atom. The number of pyridine rings is 6. The molecule has 0 saturated heterocycles. The van der Waals surface area contributed by atoms with E-state index in [9.17, 15) is 0 Å². The van der Waals surface area contributed by atoms with E-state index >= 15 is 0 Å². The summed E-state index contributed by atoms with van der Waals surface area (Å²) in [4.78, 5) is 63.8. The smallest absolute Gasteiger partial charge is 0.406 e. The molecule has 0 aliphatic carbocycles. The van der Waals surface area contributed by atoms with Crippen LogP contribution in [0.5, 0.6) is 0 Å². The third kappa shape index (κ3) is 11.7. The summed E-state index contributed by atoms with van der Waals surface area (Å²) in [6.07, 6.45) is 23.0. The maximum atomic E-state index is 5.98. The van der Waals surface area contributed by atoms with Crippen molar-refractivity contribution >= 4 is 184 Å². The summed E-state index contributed by atoms with van der Waals surface area (Å²) in [5.74, 6) is 12.7. The zero-order valence-corrected chi connectivity index (χ0v) is 64.8. The van der Waals surface area contributed by atoms with Gasteiger partial charge >= 0.3 is 27.9 Å². The zero-order chi connectivity index (χ0) is 77.9. The van der Waals surface area contributed by atoms with Crippen LogP contribution in [0.15, 0.2) is 255 Å². The van der Waals surface area contributed by atoms with Crippen LogP contribution in [0.3, 0.4) is 0 Å². The summed E-state index contributed by atoms with van der Waals surface area (Å²) in [7, 11) is 10.5. The van der Waals surface area contributed by atoms with Crippen molar-refractivity contribution in [1.29, 1.82) is 0 Å². The molecule has 0 amide bonds. The standard InChI is InChI=1S/2C23H20BN5O.C22H19BN6O.C19H19BN4O/c1-16-28(17-8-4-3-5-9-17)22-20(11-7-12-25-22)29(16)24-14-19-18-10-6-13-26-23(18)30-21(19)15-27(24)2;1-16-28(17-8-4-3-5-9-17)20-11-7-12-25-22(20)29(16)24-14-19-18-10-6-13-26-23(18)30-21(19)15-27(24)2;1-15-28(16-7-4-3-5-8-16)20-21(25-12-11-24-20)29(15)23-13-18-17-9-6-10-26-22(17)30-19(18)14-27(23)2;1-13-23(3)16-8-4-5-9-17(16)24(13)20-11-15-14-7-6-10-21-19(14)25-18(15)12-22(20)2/h2*3-16H,1-2H3;3-15H,1-2H3;4-13H,1-3H3/t2*16-;15-;13-/m0000/s1. The lowest BCUT2D eigenvalue weighted by atomic mass is 9.69. The van der Waals surface area contributed by atoms with Crippen molar-refractivity contribution in [2.45, 2.75) is 52.4 Å². The van der Waals surface area contributed by atoms with Crippen molar-refractivity contribution in [1.82, 2.24) is 59.1 Å². The van der Waals surface area contributed by atoms with Gasteiger partial charge in [-0.2, -0.15) is 0 Å². The molecule has 19 heterocycles. The lowest BCUT2D eigenvalue weighted by Gasteiger charge is -2.36. The molecule has 0 fully saturated rings. The van der Waals surface area contributed by atoms with E-state index in [1.807, 2.05) is 85.3 Å². The van der Waals surface area contributed by atoms with E-state index in [4.69, 9.17) is 32.6 Å². The van der Waals surface area contributed by atoms with Gasteiger partial charge in [0.1, 0.15) is 5.82 Å². The van der Waals surface area contributed by atoms with E-state index in [1.54, 1.807) is 37.2 Å². The number of fused-ring (bicyclic) bond motifs is 16. The van der Waals surface area contributed by atoms with Crippen LogP contribution in [0.2, 0.25) is 0 Å². The minimum atomic E-state index is -0.0438. The van der Waals surface area contributed by atoms with Crippen LogP contribution in [-0.4, -0.2) is 147 Å². The number of furan rings is 4. The Bertz CT molecular complexity index is 6320. The maximum Gasteiger partial charge on any atom is 0.406 e. The summed E-state index contributed by atoms with van der Waals surface area (Å²) in [5.41, 5.74) is 14.2. The van der Waals surface area contributed by atoms with Gasteiger partial charge in [-0.05, 0) is 177 Å². The lowest BCUT2D eigenvalue weighted by Crippen LogP contribution is -2.56. The highest BCUT2D eigenvalue weighted by molar-refractivity contribution is 6.77. The van der Waals surface area contributed by atoms with Crippen LogP contribution < -0.4 is 81.4 Å². The predicted octanol–water partition coefficient (Wildman–Crippen LogP) is 9.17. The van der Waals surface area contributed by atoms with Crippen molar-refractivity contribution in [3.63, 3.8) is 0 Å². The molecule has 0 N–H and O–H groups in total. The van der Waals surface area contributed by atoms with Crippen molar-refractivity contribution in [2.24, 2.45) is 0 Å². The highest BCUT2D eigenvalue weighted by atomic mass is 16.3. The van der Waals surface area contributed by atoms with Crippen molar-refractivity contribution in [2.75, 3.05) is 74.1 Å². The van der Waals surface area contributed by atoms with Crippen LogP contribution in [0.1, 0.15) is 27.7 Å². The molecule has 8 aliphatic rings. The van der Waals surface area contributed by atoms with Crippen molar-refractivity contribution < 1.29 is 17.7 Å². The van der Waals surface area contributed by atoms with Gasteiger partial charge in [0.2, 0.25) is 22.9 Å². The Morgan fingerprint density at radius 3 is 1.01 bits per heavy atom. The molecular weight excluding hydrogens is 1430 g/mol. The number of hydrogen-bond acceptors (Lipinski definition) is 24.